The predicted octanol–water partition coefficient (Wildman–Crippen LogP) is 1.74. The van der Waals surface area contributed by atoms with Crippen molar-refractivity contribution in [3.05, 3.63) is 25.4 Å². The second-order valence-electron chi connectivity index (χ2n) is 3.50. The number of thioether (sulfide) groups is 1. The van der Waals surface area contributed by atoms with Gasteiger partial charge in [-0.25, -0.2) is 4.98 Å². The lowest BCUT2D eigenvalue weighted by molar-refractivity contribution is 0.0690. The van der Waals surface area contributed by atoms with Gasteiger partial charge >= 0.3 is 0 Å². The van der Waals surface area contributed by atoms with Crippen LogP contribution in [0.25, 0.3) is 0 Å². The van der Waals surface area contributed by atoms with Crippen molar-refractivity contribution in [2.45, 2.75) is 19.4 Å². The highest BCUT2D eigenvalue weighted by Gasteiger charge is 2.20. The maximum absolute atomic E-state index is 11.7. The summed E-state index contributed by atoms with van der Waals surface area (Å²) >= 11 is 3.87. The summed E-state index contributed by atoms with van der Waals surface area (Å²) in [7, 11) is 0. The summed E-state index contributed by atoms with van der Waals surface area (Å²) in [4.78, 5) is 19.0. The van der Waals surface area contributed by atoms with Crippen molar-refractivity contribution in [2.75, 3.05) is 18.1 Å². The molecular weight excluding hydrogens is 339 g/mol. The van der Waals surface area contributed by atoms with Crippen LogP contribution in [0.5, 0.6) is 0 Å². The molecule has 0 radical (unpaired) electrons. The van der Waals surface area contributed by atoms with Crippen molar-refractivity contribution >= 4 is 34.4 Å². The molecule has 1 aromatic rings. The summed E-state index contributed by atoms with van der Waals surface area (Å²) in [6, 6.07) is 0. The minimum atomic E-state index is -0.0613. The first-order chi connectivity index (χ1) is 7.72. The van der Waals surface area contributed by atoms with E-state index >= 15 is 0 Å². The summed E-state index contributed by atoms with van der Waals surface area (Å²) in [5.41, 5.74) is 0.806. The normalized spacial score (nSPS) is 21.0. The lowest BCUT2D eigenvalue weighted by Gasteiger charge is -2.21. The molecule has 1 aromatic heterocycles. The van der Waals surface area contributed by atoms with Crippen molar-refractivity contribution < 1.29 is 4.74 Å². The summed E-state index contributed by atoms with van der Waals surface area (Å²) in [6.45, 7) is 2.73. The largest absolute Gasteiger partial charge is 0.369 e. The van der Waals surface area contributed by atoms with Crippen LogP contribution in [0.2, 0.25) is 0 Å². The molecule has 88 valence electrons. The molecule has 1 aliphatic heterocycles. The van der Waals surface area contributed by atoms with E-state index in [1.165, 1.54) is 0 Å². The Balaban J connectivity index is 2.33. The molecule has 0 aromatic carbocycles. The van der Waals surface area contributed by atoms with Gasteiger partial charge in [-0.3, -0.25) is 4.79 Å². The lowest BCUT2D eigenvalue weighted by atomic mass is 10.3. The molecule has 4 nitrogen and oxygen atoms in total. The number of hydrogen-bond donors (Lipinski definition) is 1. The fourth-order valence-electron chi connectivity index (χ4n) is 1.56. The van der Waals surface area contributed by atoms with Gasteiger partial charge in [-0.15, -0.1) is 0 Å². The number of aromatic amines is 1. The van der Waals surface area contributed by atoms with Crippen LogP contribution >= 0.6 is 34.4 Å². The van der Waals surface area contributed by atoms with Crippen molar-refractivity contribution in [3.8, 4) is 0 Å². The molecule has 0 amide bonds. The number of ether oxygens (including phenoxy) is 1. The first kappa shape index (κ1) is 12.4. The summed E-state index contributed by atoms with van der Waals surface area (Å²) < 4.78 is 6.29. The van der Waals surface area contributed by atoms with E-state index in [1.54, 1.807) is 0 Å². The van der Waals surface area contributed by atoms with E-state index in [1.807, 2.05) is 41.3 Å². The van der Waals surface area contributed by atoms with Gasteiger partial charge in [-0.05, 0) is 29.0 Å². The van der Waals surface area contributed by atoms with Gasteiger partial charge < -0.3 is 9.72 Å². The maximum Gasteiger partial charge on any atom is 0.264 e. The van der Waals surface area contributed by atoms with Gasteiger partial charge in [-0.2, -0.15) is 11.8 Å². The Hall–Kier alpha value is -0.0800. The number of aromatic nitrogens is 2. The van der Waals surface area contributed by atoms with E-state index in [-0.39, 0.29) is 11.7 Å². The zero-order valence-corrected chi connectivity index (χ0v) is 11.9. The van der Waals surface area contributed by atoms with Gasteiger partial charge in [0.15, 0.2) is 0 Å². The van der Waals surface area contributed by atoms with Crippen LogP contribution in [0, 0.1) is 3.57 Å². The first-order valence-corrected chi connectivity index (χ1v) is 7.43. The SMILES string of the molecule is CCc1nc(C2CSCCO2)[nH]c(=O)c1I. The Labute approximate surface area is 112 Å². The number of nitrogens with zero attached hydrogens (tertiary/aromatic N) is 1. The van der Waals surface area contributed by atoms with Crippen molar-refractivity contribution in [1.82, 2.24) is 9.97 Å². The van der Waals surface area contributed by atoms with Crippen molar-refractivity contribution in [3.63, 3.8) is 0 Å². The van der Waals surface area contributed by atoms with E-state index in [0.717, 1.165) is 30.2 Å². The lowest BCUT2D eigenvalue weighted by Crippen LogP contribution is -2.24. The zero-order chi connectivity index (χ0) is 11.5. The van der Waals surface area contributed by atoms with E-state index in [4.69, 9.17) is 4.74 Å². The smallest absolute Gasteiger partial charge is 0.264 e. The van der Waals surface area contributed by atoms with Crippen molar-refractivity contribution in [1.29, 1.82) is 0 Å². The van der Waals surface area contributed by atoms with Gasteiger partial charge in [0.05, 0.1) is 15.9 Å². The molecule has 1 atom stereocenters. The number of rotatable bonds is 2. The molecule has 0 saturated carbocycles. The molecule has 2 rings (SSSR count). The zero-order valence-electron chi connectivity index (χ0n) is 8.96. The molecule has 1 aliphatic rings. The van der Waals surface area contributed by atoms with E-state index in [2.05, 4.69) is 9.97 Å². The Morgan fingerprint density at radius 1 is 1.69 bits per heavy atom. The number of aryl methyl sites for hydroxylation is 1. The van der Waals surface area contributed by atoms with Crippen LogP contribution in [-0.4, -0.2) is 28.1 Å². The average Bonchev–Trinajstić information content (AvgIpc) is 2.33. The topological polar surface area (TPSA) is 55.0 Å². The Morgan fingerprint density at radius 2 is 2.50 bits per heavy atom. The highest BCUT2D eigenvalue weighted by molar-refractivity contribution is 14.1. The van der Waals surface area contributed by atoms with E-state index in [0.29, 0.717) is 9.39 Å². The van der Waals surface area contributed by atoms with Gasteiger partial charge in [0.1, 0.15) is 11.9 Å². The molecule has 1 fully saturated rings. The first-order valence-electron chi connectivity index (χ1n) is 5.20. The van der Waals surface area contributed by atoms with Crippen molar-refractivity contribution in [2.24, 2.45) is 0 Å². The van der Waals surface area contributed by atoms with Gasteiger partial charge in [-0.1, -0.05) is 6.92 Å². The number of halogens is 1. The third-order valence-electron chi connectivity index (χ3n) is 2.41. The quantitative estimate of drug-likeness (QED) is 0.824. The molecule has 1 unspecified atom stereocenters. The molecule has 16 heavy (non-hydrogen) atoms. The van der Waals surface area contributed by atoms with E-state index in [9.17, 15) is 4.79 Å². The monoisotopic (exact) mass is 352 g/mol. The van der Waals surface area contributed by atoms with Gasteiger partial charge in [0.25, 0.3) is 5.56 Å². The Kier molecular flexibility index (Phi) is 4.26. The molecule has 0 spiro atoms. The van der Waals surface area contributed by atoms with Crippen LogP contribution in [0.15, 0.2) is 4.79 Å². The molecule has 6 heteroatoms. The minimum Gasteiger partial charge on any atom is -0.369 e. The predicted molar refractivity (Wildman–Crippen MR) is 73.0 cm³/mol. The fourth-order valence-corrected chi connectivity index (χ4v) is 3.04. The summed E-state index contributed by atoms with van der Waals surface area (Å²) in [5, 5.41) is 0. The second-order valence-corrected chi connectivity index (χ2v) is 5.73. The molecule has 1 saturated heterocycles. The summed E-state index contributed by atoms with van der Waals surface area (Å²) in [6.07, 6.45) is 0.712. The van der Waals surface area contributed by atoms with Gasteiger partial charge in [0.2, 0.25) is 0 Å². The van der Waals surface area contributed by atoms with E-state index < -0.39 is 0 Å². The number of hydrogen-bond acceptors (Lipinski definition) is 4. The minimum absolute atomic E-state index is 0.0541. The van der Waals surface area contributed by atoms with Crippen LogP contribution in [0.1, 0.15) is 24.5 Å². The van der Waals surface area contributed by atoms with Crippen LogP contribution < -0.4 is 5.56 Å². The van der Waals surface area contributed by atoms with Crippen LogP contribution in [-0.2, 0) is 11.2 Å². The fraction of sp³-hybridized carbons (Fsp3) is 0.600. The number of nitrogens with one attached hydrogen (secondary N) is 1. The Morgan fingerprint density at radius 3 is 3.12 bits per heavy atom. The highest BCUT2D eigenvalue weighted by atomic mass is 127. The molecule has 0 bridgehead atoms. The maximum atomic E-state index is 11.7. The van der Waals surface area contributed by atoms with Gasteiger partial charge in [0, 0.05) is 11.5 Å². The Bertz CT molecular complexity index is 429. The average molecular weight is 352 g/mol. The standard InChI is InChI=1S/C10H13IN2O2S/c1-2-6-8(11)10(14)13-9(12-6)7-5-16-4-3-15-7/h7H,2-5H2,1H3,(H,12,13,14). The van der Waals surface area contributed by atoms with Crippen LogP contribution in [0.3, 0.4) is 0 Å². The molecular formula is C10H13IN2O2S. The third-order valence-corrected chi connectivity index (χ3v) is 4.51. The highest BCUT2D eigenvalue weighted by Crippen LogP contribution is 2.23. The number of H-pyrrole nitrogens is 1. The third kappa shape index (κ3) is 2.60. The molecule has 1 N–H and O–H groups in total. The summed E-state index contributed by atoms with van der Waals surface area (Å²) in [5.74, 6) is 2.56. The molecule has 0 aliphatic carbocycles. The second kappa shape index (κ2) is 5.50. The molecule has 2 heterocycles. The van der Waals surface area contributed by atoms with Crippen LogP contribution in [0.4, 0.5) is 0 Å².